The predicted molar refractivity (Wildman–Crippen MR) is 84.9 cm³/mol. The SMILES string of the molecule is COc1cccc(CC(C)(N)N2CCN(C)CC2)c1OC. The molecule has 1 unspecified atom stereocenters. The Morgan fingerprint density at radius 2 is 1.81 bits per heavy atom. The fraction of sp³-hybridized carbons (Fsp3) is 0.625. The highest BCUT2D eigenvalue weighted by atomic mass is 16.5. The minimum Gasteiger partial charge on any atom is -0.493 e. The van der Waals surface area contributed by atoms with Crippen LogP contribution in [0.3, 0.4) is 0 Å². The molecule has 5 heteroatoms. The highest BCUT2D eigenvalue weighted by Crippen LogP contribution is 2.33. The van der Waals surface area contributed by atoms with Gasteiger partial charge in [0, 0.05) is 38.2 Å². The quantitative estimate of drug-likeness (QED) is 0.883. The average Bonchev–Trinajstić information content (AvgIpc) is 2.47. The van der Waals surface area contributed by atoms with Gasteiger partial charge in [0.1, 0.15) is 0 Å². The number of ether oxygens (including phenoxy) is 2. The maximum Gasteiger partial charge on any atom is 0.164 e. The lowest BCUT2D eigenvalue weighted by Gasteiger charge is -2.43. The molecule has 1 heterocycles. The lowest BCUT2D eigenvalue weighted by atomic mass is 9.98. The van der Waals surface area contributed by atoms with Crippen LogP contribution in [0.15, 0.2) is 18.2 Å². The Balaban J connectivity index is 2.16. The van der Waals surface area contributed by atoms with E-state index in [4.69, 9.17) is 15.2 Å². The lowest BCUT2D eigenvalue weighted by molar-refractivity contribution is 0.0542. The van der Waals surface area contributed by atoms with Crippen molar-refractivity contribution in [2.24, 2.45) is 5.73 Å². The van der Waals surface area contributed by atoms with Crippen molar-refractivity contribution in [3.05, 3.63) is 23.8 Å². The van der Waals surface area contributed by atoms with Gasteiger partial charge in [0.15, 0.2) is 11.5 Å². The van der Waals surface area contributed by atoms with Gasteiger partial charge in [-0.05, 0) is 20.0 Å². The monoisotopic (exact) mass is 293 g/mol. The fourth-order valence-electron chi connectivity index (χ4n) is 2.91. The first kappa shape index (κ1) is 16.1. The van der Waals surface area contributed by atoms with Gasteiger partial charge in [0.05, 0.1) is 19.9 Å². The third-order valence-corrected chi connectivity index (χ3v) is 4.26. The molecule has 1 aliphatic rings. The summed E-state index contributed by atoms with van der Waals surface area (Å²) in [6.07, 6.45) is 0.733. The van der Waals surface area contributed by atoms with Crippen LogP contribution in [0.2, 0.25) is 0 Å². The Morgan fingerprint density at radius 3 is 2.38 bits per heavy atom. The summed E-state index contributed by atoms with van der Waals surface area (Å²) in [4.78, 5) is 4.69. The number of rotatable bonds is 5. The fourth-order valence-corrected chi connectivity index (χ4v) is 2.91. The van der Waals surface area contributed by atoms with Crippen molar-refractivity contribution >= 4 is 0 Å². The van der Waals surface area contributed by atoms with Crippen molar-refractivity contribution in [3.63, 3.8) is 0 Å². The second kappa shape index (κ2) is 6.64. The molecule has 0 bridgehead atoms. The zero-order valence-electron chi connectivity index (χ0n) is 13.6. The van der Waals surface area contributed by atoms with Gasteiger partial charge in [-0.15, -0.1) is 0 Å². The number of methoxy groups -OCH3 is 2. The van der Waals surface area contributed by atoms with Crippen molar-refractivity contribution in [3.8, 4) is 11.5 Å². The van der Waals surface area contributed by atoms with E-state index in [0.29, 0.717) is 0 Å². The van der Waals surface area contributed by atoms with Gasteiger partial charge in [-0.1, -0.05) is 12.1 Å². The summed E-state index contributed by atoms with van der Waals surface area (Å²) in [6.45, 7) is 6.20. The number of hydrogen-bond donors (Lipinski definition) is 1. The van der Waals surface area contributed by atoms with E-state index in [9.17, 15) is 0 Å². The summed E-state index contributed by atoms with van der Waals surface area (Å²) in [7, 11) is 5.48. The van der Waals surface area contributed by atoms with Crippen LogP contribution in [0.5, 0.6) is 11.5 Å². The Morgan fingerprint density at radius 1 is 1.14 bits per heavy atom. The van der Waals surface area contributed by atoms with Crippen LogP contribution in [-0.2, 0) is 6.42 Å². The number of nitrogens with zero attached hydrogens (tertiary/aromatic N) is 2. The first-order valence-electron chi connectivity index (χ1n) is 7.40. The molecule has 0 amide bonds. The molecule has 0 spiro atoms. The Hall–Kier alpha value is -1.30. The number of hydrogen-bond acceptors (Lipinski definition) is 5. The number of piperazine rings is 1. The number of benzene rings is 1. The van der Waals surface area contributed by atoms with E-state index in [1.54, 1.807) is 14.2 Å². The summed E-state index contributed by atoms with van der Waals surface area (Å²) < 4.78 is 10.9. The minimum atomic E-state index is -0.388. The molecule has 1 aromatic carbocycles. The Labute approximate surface area is 127 Å². The average molecular weight is 293 g/mol. The zero-order chi connectivity index (χ0) is 15.5. The van der Waals surface area contributed by atoms with E-state index in [-0.39, 0.29) is 5.66 Å². The largest absolute Gasteiger partial charge is 0.493 e. The molecule has 0 radical (unpaired) electrons. The van der Waals surface area contributed by atoms with Crippen LogP contribution in [0.4, 0.5) is 0 Å². The van der Waals surface area contributed by atoms with E-state index in [1.807, 2.05) is 12.1 Å². The number of nitrogens with two attached hydrogens (primary N) is 1. The molecule has 5 nitrogen and oxygen atoms in total. The number of para-hydroxylation sites is 1. The Kier molecular flexibility index (Phi) is 5.08. The molecule has 1 aromatic rings. The zero-order valence-corrected chi connectivity index (χ0v) is 13.6. The lowest BCUT2D eigenvalue weighted by Crippen LogP contribution is -2.60. The molecule has 2 rings (SSSR count). The van der Waals surface area contributed by atoms with Crippen LogP contribution in [0, 0.1) is 0 Å². The third kappa shape index (κ3) is 3.67. The second-order valence-corrected chi connectivity index (χ2v) is 5.98. The van der Waals surface area contributed by atoms with Crippen LogP contribution in [0.1, 0.15) is 12.5 Å². The van der Waals surface area contributed by atoms with Crippen molar-refractivity contribution < 1.29 is 9.47 Å². The van der Waals surface area contributed by atoms with E-state index in [0.717, 1.165) is 49.7 Å². The highest BCUT2D eigenvalue weighted by Gasteiger charge is 2.31. The standard InChI is InChI=1S/C16H27N3O2/c1-16(17,19-10-8-18(2)9-11-19)12-13-6-5-7-14(20-3)15(13)21-4/h5-7H,8-12,17H2,1-4H3. The number of likely N-dealkylation sites (N-methyl/N-ethyl adjacent to an activating group) is 1. The van der Waals surface area contributed by atoms with E-state index >= 15 is 0 Å². The van der Waals surface area contributed by atoms with Crippen molar-refractivity contribution in [2.45, 2.75) is 19.0 Å². The highest BCUT2D eigenvalue weighted by molar-refractivity contribution is 5.47. The van der Waals surface area contributed by atoms with Crippen molar-refractivity contribution in [1.82, 2.24) is 9.80 Å². The minimum absolute atomic E-state index is 0.388. The van der Waals surface area contributed by atoms with Gasteiger partial charge < -0.3 is 20.1 Å². The molecular formula is C16H27N3O2. The summed E-state index contributed by atoms with van der Waals surface area (Å²) in [5.74, 6) is 1.54. The molecule has 1 atom stereocenters. The molecule has 1 fully saturated rings. The Bertz CT molecular complexity index is 469. The maximum absolute atomic E-state index is 6.60. The van der Waals surface area contributed by atoms with Crippen LogP contribution >= 0.6 is 0 Å². The molecule has 0 aromatic heterocycles. The predicted octanol–water partition coefficient (Wildman–Crippen LogP) is 1.17. The molecule has 118 valence electrons. The van der Waals surface area contributed by atoms with Crippen LogP contribution < -0.4 is 15.2 Å². The summed E-state index contributed by atoms with van der Waals surface area (Å²) >= 11 is 0. The molecule has 1 saturated heterocycles. The van der Waals surface area contributed by atoms with E-state index in [1.165, 1.54) is 0 Å². The summed E-state index contributed by atoms with van der Waals surface area (Å²) in [5.41, 5.74) is 7.29. The molecule has 21 heavy (non-hydrogen) atoms. The summed E-state index contributed by atoms with van der Waals surface area (Å²) in [6, 6.07) is 5.95. The van der Waals surface area contributed by atoms with Crippen molar-refractivity contribution in [2.75, 3.05) is 47.4 Å². The maximum atomic E-state index is 6.60. The topological polar surface area (TPSA) is 51.0 Å². The van der Waals surface area contributed by atoms with Gasteiger partial charge in [0.2, 0.25) is 0 Å². The normalized spacial score (nSPS) is 20.0. The van der Waals surface area contributed by atoms with Gasteiger partial charge >= 0.3 is 0 Å². The van der Waals surface area contributed by atoms with Gasteiger partial charge in [-0.2, -0.15) is 0 Å². The molecular weight excluding hydrogens is 266 g/mol. The van der Waals surface area contributed by atoms with Gasteiger partial charge in [-0.3, -0.25) is 4.90 Å². The van der Waals surface area contributed by atoms with Gasteiger partial charge in [0.25, 0.3) is 0 Å². The molecule has 0 saturated carbocycles. The van der Waals surface area contributed by atoms with Gasteiger partial charge in [-0.25, -0.2) is 0 Å². The van der Waals surface area contributed by atoms with E-state index in [2.05, 4.69) is 29.8 Å². The molecule has 1 aliphatic heterocycles. The van der Waals surface area contributed by atoms with Crippen molar-refractivity contribution in [1.29, 1.82) is 0 Å². The smallest absolute Gasteiger partial charge is 0.164 e. The summed E-state index contributed by atoms with van der Waals surface area (Å²) in [5, 5.41) is 0. The van der Waals surface area contributed by atoms with Crippen LogP contribution in [0.25, 0.3) is 0 Å². The first-order valence-corrected chi connectivity index (χ1v) is 7.40. The molecule has 2 N–H and O–H groups in total. The first-order chi connectivity index (χ1) is 9.97. The molecule has 0 aliphatic carbocycles. The van der Waals surface area contributed by atoms with E-state index < -0.39 is 0 Å². The third-order valence-electron chi connectivity index (χ3n) is 4.26. The second-order valence-electron chi connectivity index (χ2n) is 5.98. The van der Waals surface area contributed by atoms with Crippen LogP contribution in [-0.4, -0.2) is 62.9 Å².